The number of allylic oxidation sites excluding steroid dienone is 1. The summed E-state index contributed by atoms with van der Waals surface area (Å²) in [6.07, 6.45) is 1.73. The van der Waals surface area contributed by atoms with Crippen LogP contribution in [0.2, 0.25) is 0 Å². The monoisotopic (exact) mass is 192 g/mol. The third kappa shape index (κ3) is 3.77. The minimum Gasteiger partial charge on any atom is -0.478 e. The first-order valence-electron chi connectivity index (χ1n) is 3.91. The predicted molar refractivity (Wildman–Crippen MR) is 48.1 cm³/mol. The molecule has 0 amide bonds. The minimum atomic E-state index is -1.04. The molecule has 1 rings (SSSR count). The van der Waals surface area contributed by atoms with Crippen LogP contribution in [-0.4, -0.2) is 35.0 Å². The number of aliphatic hydroxyl groups excluding tert-OH is 1. The minimum absolute atomic E-state index is 0.0360. The Labute approximate surface area is 81.2 Å². The lowest BCUT2D eigenvalue weighted by atomic mass is 10.3. The molecule has 1 aliphatic rings. The van der Waals surface area contributed by atoms with Crippen LogP contribution in [0.1, 0.15) is 0 Å². The Balaban J connectivity index is 2.29. The average Bonchev–Trinajstić information content (AvgIpc) is 2.89. The van der Waals surface area contributed by atoms with Gasteiger partial charge in [-0.15, -0.1) is 0 Å². The van der Waals surface area contributed by atoms with Gasteiger partial charge in [-0.2, -0.15) is 0 Å². The largest absolute Gasteiger partial charge is 0.478 e. The second kappa shape index (κ2) is 5.08. The lowest BCUT2D eigenvalue weighted by molar-refractivity contribution is -0.131. The second-order valence-corrected chi connectivity index (χ2v) is 2.49. The molecule has 2 N–H and O–H groups in total. The van der Waals surface area contributed by atoms with Crippen LogP contribution in [0.15, 0.2) is 12.2 Å². The van der Waals surface area contributed by atoms with E-state index in [2.05, 4.69) is 23.7 Å². The van der Waals surface area contributed by atoms with Crippen molar-refractivity contribution in [2.45, 2.75) is 12.2 Å². The fourth-order valence-corrected chi connectivity index (χ4v) is 0.707. The summed E-state index contributed by atoms with van der Waals surface area (Å²) >= 11 is 0. The number of ether oxygens (including phenoxy) is 1. The van der Waals surface area contributed by atoms with E-state index in [-0.39, 0.29) is 18.8 Å². The van der Waals surface area contributed by atoms with Crippen molar-refractivity contribution in [3.8, 4) is 23.7 Å². The van der Waals surface area contributed by atoms with E-state index in [1.54, 1.807) is 0 Å². The summed E-state index contributed by atoms with van der Waals surface area (Å²) in [5, 5.41) is 16.8. The van der Waals surface area contributed by atoms with Crippen LogP contribution >= 0.6 is 0 Å². The summed E-state index contributed by atoms with van der Waals surface area (Å²) in [5.74, 6) is 8.97. The van der Waals surface area contributed by atoms with Crippen LogP contribution in [-0.2, 0) is 9.53 Å². The molecule has 0 radical (unpaired) electrons. The Morgan fingerprint density at radius 2 is 2.29 bits per heavy atom. The van der Waals surface area contributed by atoms with E-state index < -0.39 is 5.97 Å². The molecule has 2 unspecified atom stereocenters. The van der Waals surface area contributed by atoms with Crippen LogP contribution in [0.5, 0.6) is 0 Å². The standard InChI is InChI=1S/C10H8O4/c11-7-9-8(14-9)5-3-1-2-4-6-10(12)13/h4,6,8-9,11H,7H2,(H,12,13)/b6-4+. The van der Waals surface area contributed by atoms with E-state index in [1.807, 2.05) is 0 Å². The lowest BCUT2D eigenvalue weighted by Gasteiger charge is -1.73. The van der Waals surface area contributed by atoms with E-state index in [1.165, 1.54) is 6.08 Å². The molecule has 1 heterocycles. The van der Waals surface area contributed by atoms with Gasteiger partial charge in [-0.25, -0.2) is 4.79 Å². The number of aliphatic hydroxyl groups is 1. The SMILES string of the molecule is O=C(O)/C=C/C#CC#CC1OC1CO. The Morgan fingerprint density at radius 1 is 1.50 bits per heavy atom. The van der Waals surface area contributed by atoms with Crippen molar-refractivity contribution in [2.24, 2.45) is 0 Å². The Hall–Kier alpha value is -1.75. The summed E-state index contributed by atoms with van der Waals surface area (Å²) < 4.78 is 4.91. The zero-order valence-electron chi connectivity index (χ0n) is 7.23. The van der Waals surface area contributed by atoms with Gasteiger partial charge in [-0.3, -0.25) is 0 Å². The maximum atomic E-state index is 9.99. The van der Waals surface area contributed by atoms with Gasteiger partial charge in [0, 0.05) is 6.08 Å². The van der Waals surface area contributed by atoms with Crippen LogP contribution in [0.25, 0.3) is 0 Å². The molecule has 0 spiro atoms. The van der Waals surface area contributed by atoms with Gasteiger partial charge in [0.05, 0.1) is 6.61 Å². The Morgan fingerprint density at radius 3 is 2.86 bits per heavy atom. The molecule has 1 saturated heterocycles. The van der Waals surface area contributed by atoms with Crippen molar-refractivity contribution in [1.82, 2.24) is 0 Å². The van der Waals surface area contributed by atoms with Gasteiger partial charge >= 0.3 is 5.97 Å². The third-order valence-electron chi connectivity index (χ3n) is 1.42. The molecule has 4 nitrogen and oxygen atoms in total. The van der Waals surface area contributed by atoms with E-state index >= 15 is 0 Å². The van der Waals surface area contributed by atoms with Crippen LogP contribution in [0.3, 0.4) is 0 Å². The molecular weight excluding hydrogens is 184 g/mol. The van der Waals surface area contributed by atoms with Crippen LogP contribution in [0, 0.1) is 23.7 Å². The zero-order valence-corrected chi connectivity index (χ0v) is 7.23. The molecule has 14 heavy (non-hydrogen) atoms. The van der Waals surface area contributed by atoms with Crippen molar-refractivity contribution in [1.29, 1.82) is 0 Å². The smallest absolute Gasteiger partial charge is 0.328 e. The van der Waals surface area contributed by atoms with Gasteiger partial charge in [0.2, 0.25) is 0 Å². The number of rotatable bonds is 2. The molecule has 0 aromatic rings. The number of carboxylic acids is 1. The van der Waals surface area contributed by atoms with E-state index in [0.717, 1.165) is 6.08 Å². The summed E-state index contributed by atoms with van der Waals surface area (Å²) in [4.78, 5) is 9.99. The van der Waals surface area contributed by atoms with Crippen molar-refractivity contribution in [3.05, 3.63) is 12.2 Å². The van der Waals surface area contributed by atoms with Crippen molar-refractivity contribution < 1.29 is 19.7 Å². The highest BCUT2D eigenvalue weighted by Gasteiger charge is 2.36. The van der Waals surface area contributed by atoms with Crippen molar-refractivity contribution in [2.75, 3.05) is 6.61 Å². The Bertz CT molecular complexity index is 361. The summed E-state index contributed by atoms with van der Waals surface area (Å²) in [6.45, 7) is -0.0360. The van der Waals surface area contributed by atoms with Gasteiger partial charge in [0.15, 0.2) is 0 Å². The second-order valence-electron chi connectivity index (χ2n) is 2.49. The van der Waals surface area contributed by atoms with Crippen LogP contribution in [0.4, 0.5) is 0 Å². The predicted octanol–water partition coefficient (Wildman–Crippen LogP) is -0.606. The first-order valence-corrected chi connectivity index (χ1v) is 3.91. The number of hydrogen-bond acceptors (Lipinski definition) is 3. The van der Waals surface area contributed by atoms with E-state index in [9.17, 15) is 4.79 Å². The fourth-order valence-electron chi connectivity index (χ4n) is 0.707. The molecule has 0 aliphatic carbocycles. The fraction of sp³-hybridized carbons (Fsp3) is 0.300. The quantitative estimate of drug-likeness (QED) is 0.348. The summed E-state index contributed by atoms with van der Waals surface area (Å²) in [6, 6.07) is 0. The third-order valence-corrected chi connectivity index (χ3v) is 1.42. The van der Waals surface area contributed by atoms with Gasteiger partial charge in [0.25, 0.3) is 0 Å². The molecule has 0 aromatic carbocycles. The van der Waals surface area contributed by atoms with Gasteiger partial charge in [-0.05, 0) is 17.9 Å². The van der Waals surface area contributed by atoms with Crippen molar-refractivity contribution in [3.63, 3.8) is 0 Å². The molecule has 4 heteroatoms. The van der Waals surface area contributed by atoms with E-state index in [0.29, 0.717) is 0 Å². The zero-order chi connectivity index (χ0) is 10.4. The number of carboxylic acid groups (broad SMARTS) is 1. The van der Waals surface area contributed by atoms with Gasteiger partial charge < -0.3 is 14.9 Å². The Kier molecular flexibility index (Phi) is 3.75. The lowest BCUT2D eigenvalue weighted by Crippen LogP contribution is -1.95. The van der Waals surface area contributed by atoms with Gasteiger partial charge in [-0.1, -0.05) is 11.8 Å². The highest BCUT2D eigenvalue weighted by atomic mass is 16.6. The topological polar surface area (TPSA) is 70.1 Å². The molecule has 1 aliphatic heterocycles. The molecular formula is C10H8O4. The van der Waals surface area contributed by atoms with Gasteiger partial charge in [0.1, 0.15) is 12.2 Å². The van der Waals surface area contributed by atoms with E-state index in [4.69, 9.17) is 14.9 Å². The summed E-state index contributed by atoms with van der Waals surface area (Å²) in [7, 11) is 0. The molecule has 2 atom stereocenters. The molecule has 0 bridgehead atoms. The number of epoxide rings is 1. The number of carbonyl (C=O) groups is 1. The average molecular weight is 192 g/mol. The van der Waals surface area contributed by atoms with Crippen molar-refractivity contribution >= 4 is 5.97 Å². The first kappa shape index (κ1) is 10.3. The normalized spacial score (nSPS) is 23.2. The molecule has 1 fully saturated rings. The maximum absolute atomic E-state index is 9.99. The molecule has 0 aromatic heterocycles. The molecule has 72 valence electrons. The number of hydrogen-bond donors (Lipinski definition) is 2. The highest BCUT2D eigenvalue weighted by Crippen LogP contribution is 2.19. The van der Waals surface area contributed by atoms with Crippen LogP contribution < -0.4 is 0 Å². The molecule has 0 saturated carbocycles. The summed E-state index contributed by atoms with van der Waals surface area (Å²) in [5.41, 5.74) is 0. The highest BCUT2D eigenvalue weighted by molar-refractivity contribution is 5.80. The maximum Gasteiger partial charge on any atom is 0.328 e. The number of aliphatic carboxylic acids is 1. The first-order chi connectivity index (χ1) is 6.74.